The van der Waals surface area contributed by atoms with E-state index >= 15 is 0 Å². The van der Waals surface area contributed by atoms with Crippen LogP contribution in [-0.2, 0) is 9.47 Å². The fourth-order valence-electron chi connectivity index (χ4n) is 5.76. The molecule has 0 radical (unpaired) electrons. The number of carbonyl (C=O) groups is 2. The Balaban J connectivity index is 1.05. The number of ether oxygens (including phenoxy) is 4. The first-order valence-electron chi connectivity index (χ1n) is 13.5. The fourth-order valence-corrected chi connectivity index (χ4v) is 5.76. The molecule has 0 aliphatic carbocycles. The molecule has 0 spiro atoms. The lowest BCUT2D eigenvalue weighted by molar-refractivity contribution is 0.0216. The standard InChI is InChI=1S/C31H32N4O6/c1-18-16-34-26(14-32-24-8-6-20(38-3)12-22(24)30(34)36)28(18)40-10-5-11-41-29-19(2)17-35-27(29)15-33-25-9-7-21(39-4)13-23(25)31(35)37/h6-9,12-15,26-29H,1-2,5,10-11,16-17H2,3-4H3/t26-,27-,28?,29?/m0/s1. The lowest BCUT2D eigenvalue weighted by atomic mass is 10.1. The summed E-state index contributed by atoms with van der Waals surface area (Å²) in [5.74, 6) is 0.964. The van der Waals surface area contributed by atoms with Gasteiger partial charge in [0.2, 0.25) is 0 Å². The minimum atomic E-state index is -0.363. The van der Waals surface area contributed by atoms with E-state index in [1.54, 1.807) is 72.8 Å². The largest absolute Gasteiger partial charge is 0.497 e. The Morgan fingerprint density at radius 2 is 1.20 bits per heavy atom. The van der Waals surface area contributed by atoms with E-state index in [4.69, 9.17) is 18.9 Å². The summed E-state index contributed by atoms with van der Waals surface area (Å²) in [5, 5.41) is 0. The maximum atomic E-state index is 13.3. The summed E-state index contributed by atoms with van der Waals surface area (Å²) < 4.78 is 23.0. The normalized spacial score (nSPS) is 24.5. The molecular formula is C31H32N4O6. The quantitative estimate of drug-likeness (QED) is 0.363. The monoisotopic (exact) mass is 556 g/mol. The van der Waals surface area contributed by atoms with E-state index in [0.29, 0.717) is 66.7 Å². The van der Waals surface area contributed by atoms with Crippen molar-refractivity contribution in [3.8, 4) is 11.5 Å². The number of hydrogen-bond donors (Lipinski definition) is 0. The SMILES string of the molecule is C=C1CN2C(=O)c3cc(OC)ccc3N=C[C@H]2C1OCCCOC1C(=C)CN2C(=O)c3cc(OC)ccc3N=C[C@@H]12. The number of amides is 2. The predicted octanol–water partition coefficient (Wildman–Crippen LogP) is 3.76. The van der Waals surface area contributed by atoms with E-state index in [0.717, 1.165) is 11.1 Å². The molecule has 2 saturated heterocycles. The van der Waals surface area contributed by atoms with E-state index < -0.39 is 0 Å². The highest BCUT2D eigenvalue weighted by Gasteiger charge is 2.43. The summed E-state index contributed by atoms with van der Waals surface area (Å²) in [6.07, 6.45) is 3.42. The van der Waals surface area contributed by atoms with Gasteiger partial charge in [0.15, 0.2) is 0 Å². The average molecular weight is 557 g/mol. The second-order valence-corrected chi connectivity index (χ2v) is 10.4. The maximum Gasteiger partial charge on any atom is 0.257 e. The summed E-state index contributed by atoms with van der Waals surface area (Å²) in [6.45, 7) is 9.94. The summed E-state index contributed by atoms with van der Waals surface area (Å²) >= 11 is 0. The lowest BCUT2D eigenvalue weighted by Crippen LogP contribution is -2.41. The highest BCUT2D eigenvalue weighted by molar-refractivity contribution is 6.04. The van der Waals surface area contributed by atoms with Crippen LogP contribution in [0.3, 0.4) is 0 Å². The Hall–Kier alpha value is -4.28. The van der Waals surface area contributed by atoms with Crippen molar-refractivity contribution in [2.24, 2.45) is 9.98 Å². The molecular weight excluding hydrogens is 524 g/mol. The Labute approximate surface area is 238 Å². The van der Waals surface area contributed by atoms with Gasteiger partial charge in [0.1, 0.15) is 23.7 Å². The first-order chi connectivity index (χ1) is 19.9. The Morgan fingerprint density at radius 1 is 0.756 bits per heavy atom. The molecule has 10 nitrogen and oxygen atoms in total. The Bertz CT molecular complexity index is 1370. The van der Waals surface area contributed by atoms with Crippen LogP contribution in [0.2, 0.25) is 0 Å². The molecule has 0 bridgehead atoms. The van der Waals surface area contributed by atoms with Crippen LogP contribution in [0, 0.1) is 0 Å². The van der Waals surface area contributed by atoms with Gasteiger partial charge in [0.05, 0.1) is 48.8 Å². The number of carbonyl (C=O) groups excluding carboxylic acids is 2. The van der Waals surface area contributed by atoms with Gasteiger partial charge in [0, 0.05) is 38.7 Å². The molecule has 0 N–H and O–H groups in total. The van der Waals surface area contributed by atoms with E-state index in [2.05, 4.69) is 23.1 Å². The van der Waals surface area contributed by atoms with Crippen LogP contribution in [0.4, 0.5) is 11.4 Å². The number of benzene rings is 2. The minimum Gasteiger partial charge on any atom is -0.497 e. The summed E-state index contributed by atoms with van der Waals surface area (Å²) in [6, 6.07) is 9.89. The van der Waals surface area contributed by atoms with Crippen molar-refractivity contribution in [3.05, 3.63) is 71.8 Å². The van der Waals surface area contributed by atoms with Crippen LogP contribution in [0.5, 0.6) is 11.5 Å². The molecule has 4 heterocycles. The first-order valence-corrected chi connectivity index (χ1v) is 13.5. The van der Waals surface area contributed by atoms with Gasteiger partial charge >= 0.3 is 0 Å². The molecule has 10 heteroatoms. The Kier molecular flexibility index (Phi) is 7.19. The van der Waals surface area contributed by atoms with Gasteiger partial charge in [-0.3, -0.25) is 19.6 Å². The van der Waals surface area contributed by atoms with Crippen molar-refractivity contribution in [2.75, 3.05) is 40.5 Å². The maximum absolute atomic E-state index is 13.3. The van der Waals surface area contributed by atoms with Crippen LogP contribution in [-0.4, -0.2) is 98.9 Å². The van der Waals surface area contributed by atoms with E-state index in [-0.39, 0.29) is 36.1 Å². The van der Waals surface area contributed by atoms with Gasteiger partial charge in [-0.15, -0.1) is 0 Å². The van der Waals surface area contributed by atoms with Gasteiger partial charge in [-0.05, 0) is 54.0 Å². The molecule has 2 amide bonds. The molecule has 4 aliphatic rings. The number of fused-ring (bicyclic) bond motifs is 4. The third-order valence-corrected chi connectivity index (χ3v) is 7.90. The zero-order valence-electron chi connectivity index (χ0n) is 23.1. The van der Waals surface area contributed by atoms with Gasteiger partial charge < -0.3 is 28.7 Å². The molecule has 6 rings (SSSR count). The van der Waals surface area contributed by atoms with Crippen LogP contribution >= 0.6 is 0 Å². The van der Waals surface area contributed by atoms with Crippen molar-refractivity contribution in [2.45, 2.75) is 30.7 Å². The molecule has 4 atom stereocenters. The number of aliphatic imine (C=N–C) groups is 2. The third kappa shape index (κ3) is 4.83. The molecule has 2 aromatic rings. The highest BCUT2D eigenvalue weighted by atomic mass is 16.5. The second kappa shape index (κ2) is 10.9. The number of nitrogens with zero attached hydrogens (tertiary/aromatic N) is 4. The van der Waals surface area contributed by atoms with Gasteiger partial charge in [-0.2, -0.15) is 0 Å². The number of rotatable bonds is 8. The topological polar surface area (TPSA) is 102 Å². The minimum absolute atomic E-state index is 0.124. The average Bonchev–Trinajstić information content (AvgIpc) is 3.38. The van der Waals surface area contributed by atoms with Crippen LogP contribution in [0.1, 0.15) is 27.1 Å². The second-order valence-electron chi connectivity index (χ2n) is 10.4. The molecule has 2 unspecified atom stereocenters. The smallest absolute Gasteiger partial charge is 0.257 e. The van der Waals surface area contributed by atoms with Crippen LogP contribution < -0.4 is 9.47 Å². The first kappa shape index (κ1) is 26.9. The molecule has 2 fully saturated rings. The van der Waals surface area contributed by atoms with Crippen molar-refractivity contribution in [1.29, 1.82) is 0 Å². The molecule has 41 heavy (non-hydrogen) atoms. The zero-order valence-corrected chi connectivity index (χ0v) is 23.1. The van der Waals surface area contributed by atoms with Crippen LogP contribution in [0.15, 0.2) is 70.7 Å². The van der Waals surface area contributed by atoms with E-state index in [1.807, 2.05) is 0 Å². The van der Waals surface area contributed by atoms with Crippen molar-refractivity contribution < 1.29 is 28.5 Å². The van der Waals surface area contributed by atoms with E-state index in [9.17, 15) is 9.59 Å². The molecule has 212 valence electrons. The van der Waals surface area contributed by atoms with E-state index in [1.165, 1.54) is 0 Å². The van der Waals surface area contributed by atoms with Crippen molar-refractivity contribution >= 4 is 35.6 Å². The highest BCUT2D eigenvalue weighted by Crippen LogP contribution is 2.35. The molecule has 2 aromatic carbocycles. The van der Waals surface area contributed by atoms with Gasteiger partial charge in [-0.1, -0.05) is 13.2 Å². The molecule has 0 saturated carbocycles. The molecule has 0 aromatic heterocycles. The number of hydrogen-bond acceptors (Lipinski definition) is 8. The third-order valence-electron chi connectivity index (χ3n) is 7.90. The molecule has 4 aliphatic heterocycles. The summed E-state index contributed by atoms with van der Waals surface area (Å²) in [5.41, 5.74) is 3.86. The Morgan fingerprint density at radius 3 is 1.61 bits per heavy atom. The predicted molar refractivity (Wildman–Crippen MR) is 154 cm³/mol. The summed E-state index contributed by atoms with van der Waals surface area (Å²) in [4.78, 5) is 39.3. The van der Waals surface area contributed by atoms with Gasteiger partial charge in [-0.25, -0.2) is 0 Å². The fraction of sp³-hybridized carbons (Fsp3) is 0.355. The number of methoxy groups -OCH3 is 2. The zero-order chi connectivity index (χ0) is 28.7. The lowest BCUT2D eigenvalue weighted by Gasteiger charge is -2.24. The van der Waals surface area contributed by atoms with Crippen molar-refractivity contribution in [1.82, 2.24) is 9.80 Å². The summed E-state index contributed by atoms with van der Waals surface area (Å²) in [7, 11) is 3.14. The van der Waals surface area contributed by atoms with Crippen molar-refractivity contribution in [3.63, 3.8) is 0 Å². The van der Waals surface area contributed by atoms with Crippen LogP contribution in [0.25, 0.3) is 0 Å². The van der Waals surface area contributed by atoms with Gasteiger partial charge in [0.25, 0.3) is 11.8 Å².